The van der Waals surface area contributed by atoms with E-state index in [0.717, 1.165) is 184 Å². The van der Waals surface area contributed by atoms with E-state index in [1.54, 1.807) is 4.57 Å². The minimum absolute atomic E-state index is 0.00751. The molecule has 0 saturated heterocycles. The molecule has 5 heterocycles. The molecule has 2 aliphatic rings. The molecule has 3 aromatic heterocycles. The number of aromatic nitrogens is 2. The van der Waals surface area contributed by atoms with Gasteiger partial charge in [0.1, 0.15) is 11.2 Å². The Morgan fingerprint density at radius 3 is 1.25 bits per heavy atom. The van der Waals surface area contributed by atoms with Crippen LogP contribution in [0.5, 0.6) is 0 Å². The molecule has 2 aliphatic heterocycles. The van der Waals surface area contributed by atoms with E-state index in [0.29, 0.717) is 5.69 Å². The fourth-order valence-corrected chi connectivity index (χ4v) is 18.8. The Labute approximate surface area is 697 Å². The lowest BCUT2D eigenvalue weighted by Gasteiger charge is -2.46. The Morgan fingerprint density at radius 1 is 0.271 bits per heavy atom. The van der Waals surface area contributed by atoms with Gasteiger partial charge in [0.05, 0.1) is 44.4 Å². The van der Waals surface area contributed by atoms with Crippen LogP contribution in [0.2, 0.25) is 0 Å². The first-order valence-electron chi connectivity index (χ1n) is 44.3. The SMILES string of the molecule is [2H]c1c([2H])c([2H])c2c(c1[2H])c1c([2H])c([2H])c([2H])c([2H])c1n2-c1ccc2c(c1)N(c1c(-c3ccccc3)cc(-c3ccccc3)cc1-c1cccc(-c3ccccc3)c1)c1cc(C(C)(C)C)cc3c1B2c1ccc(-c2ccc(-n4c5ccccc5c5ccccc54)cc2)cc1N3c1c(-c2ccccc2)cc(-c2ccccc2)cc1-c1cccc2c1oc1ccccc12. The maximum absolute atomic E-state index is 10.0. The zero-order valence-corrected chi connectivity index (χ0v) is 64.9. The van der Waals surface area contributed by atoms with Gasteiger partial charge in [0.2, 0.25) is 0 Å². The van der Waals surface area contributed by atoms with Crippen molar-refractivity contribution in [1.29, 1.82) is 0 Å². The molecule has 118 heavy (non-hydrogen) atoms. The summed E-state index contributed by atoms with van der Waals surface area (Å²) < 4.78 is 88.1. The Kier molecular flexibility index (Phi) is 14.1. The van der Waals surface area contributed by atoms with Crippen LogP contribution in [0, 0.1) is 0 Å². The van der Waals surface area contributed by atoms with E-state index in [9.17, 15) is 11.0 Å². The molecule has 5 nitrogen and oxygen atoms in total. The van der Waals surface area contributed by atoms with Crippen molar-refractivity contribution in [2.75, 3.05) is 9.80 Å². The van der Waals surface area contributed by atoms with E-state index in [4.69, 9.17) is 4.42 Å². The molecule has 0 bridgehead atoms. The Hall–Kier alpha value is -15.0. The zero-order valence-electron chi connectivity index (χ0n) is 72.9. The Balaban J connectivity index is 0.891. The third-order valence-corrected chi connectivity index (χ3v) is 24.3. The highest BCUT2D eigenvalue weighted by Crippen LogP contribution is 2.57. The standard InChI is InChI=1S/C112H77BN4O/c1-112(2,3)83-69-105-108-106(70-83)117(109-93(76-37-15-7-16-38-76)64-81(73-33-11-5-12-34-73)66-95(109)80-42-29-41-78(63-80)72-31-9-4-10-32-72)104-71-85(115-101-52-26-21-45-88(101)89-46-22-27-53-102(89)115)60-62-98(104)113(108)97-61-57-79(75-55-58-84(59-56-75)114-99-50-24-19-43-86(99)87-44-20-25-51-100(87)114)68-103(97)116(105)110-94(77-39-17-8-18-40-77)65-82(74-35-13-6-14-36-74)67-96(110)92-49-30-48-91-90-47-23-28-54-107(90)118-111(91)92/h4-71H,1-3H3/i21D,22D,26D,27D,45D,46D,52D,53D. The minimum atomic E-state index is -0.574. The van der Waals surface area contributed by atoms with Gasteiger partial charge in [-0.2, -0.15) is 0 Å². The van der Waals surface area contributed by atoms with Crippen LogP contribution in [0.3, 0.4) is 0 Å². The van der Waals surface area contributed by atoms with E-state index in [-0.39, 0.29) is 33.9 Å². The summed E-state index contributed by atoms with van der Waals surface area (Å²) in [6.45, 7) is 6.28. The molecule has 6 heteroatoms. The summed E-state index contributed by atoms with van der Waals surface area (Å²) >= 11 is 0. The second kappa shape index (κ2) is 27.4. The van der Waals surface area contributed by atoms with Gasteiger partial charge < -0.3 is 23.4 Å². The van der Waals surface area contributed by atoms with Gasteiger partial charge >= 0.3 is 0 Å². The monoisotopic (exact) mass is 1510 g/mol. The van der Waals surface area contributed by atoms with Gasteiger partial charge in [-0.25, -0.2) is 0 Å². The highest BCUT2D eigenvalue weighted by atomic mass is 16.3. The van der Waals surface area contributed by atoms with Gasteiger partial charge in [0, 0.05) is 94.3 Å². The van der Waals surface area contributed by atoms with Gasteiger partial charge in [0.25, 0.3) is 6.71 Å². The maximum Gasteiger partial charge on any atom is 0.252 e. The molecule has 0 N–H and O–H groups in total. The lowest BCUT2D eigenvalue weighted by molar-refractivity contribution is 0.590. The molecule has 0 saturated carbocycles. The lowest BCUT2D eigenvalue weighted by atomic mass is 9.33. The van der Waals surface area contributed by atoms with Crippen LogP contribution in [0.25, 0.3) is 166 Å². The third kappa shape index (κ3) is 11.1. The summed E-state index contributed by atoms with van der Waals surface area (Å²) in [5, 5.41) is 4.35. The second-order valence-electron chi connectivity index (χ2n) is 32.0. The lowest BCUT2D eigenvalue weighted by Crippen LogP contribution is -2.61. The molecule has 0 aliphatic carbocycles. The summed E-state index contributed by atoms with van der Waals surface area (Å²) in [6, 6.07) is 127. The number of anilines is 6. The fourth-order valence-electron chi connectivity index (χ4n) is 18.8. The van der Waals surface area contributed by atoms with Crippen LogP contribution >= 0.6 is 0 Å². The van der Waals surface area contributed by atoms with Crippen molar-refractivity contribution in [2.24, 2.45) is 0 Å². The number of furan rings is 1. The average Bonchev–Trinajstić information content (AvgIpc) is 0.714. The third-order valence-electron chi connectivity index (χ3n) is 24.3. The molecule has 0 unspecified atom stereocenters. The van der Waals surface area contributed by atoms with Crippen LogP contribution in [-0.4, -0.2) is 15.8 Å². The summed E-state index contributed by atoms with van der Waals surface area (Å²) in [7, 11) is 0. The fraction of sp³-hybridized carbons (Fsp3) is 0.0357. The maximum atomic E-state index is 10.0. The van der Waals surface area contributed by atoms with Crippen molar-refractivity contribution < 1.29 is 15.4 Å². The topological polar surface area (TPSA) is 29.5 Å². The van der Waals surface area contributed by atoms with Gasteiger partial charge in [-0.15, -0.1) is 0 Å². The Morgan fingerprint density at radius 2 is 0.678 bits per heavy atom. The number of rotatable bonds is 12. The number of nitrogens with zero attached hydrogens (tertiary/aromatic N) is 4. The van der Waals surface area contributed by atoms with Crippen LogP contribution in [0.15, 0.2) is 417 Å². The smallest absolute Gasteiger partial charge is 0.252 e. The first kappa shape index (κ1) is 60.6. The first-order valence-corrected chi connectivity index (χ1v) is 40.3. The minimum Gasteiger partial charge on any atom is -0.455 e. The number of benzene rings is 18. The van der Waals surface area contributed by atoms with Crippen LogP contribution < -0.4 is 26.2 Å². The predicted octanol–water partition coefficient (Wildman–Crippen LogP) is 28.5. The molecular weight excluding hydrogens is 1430 g/mol. The largest absolute Gasteiger partial charge is 0.455 e. The molecule has 554 valence electrons. The van der Waals surface area contributed by atoms with E-state index < -0.39 is 48.4 Å². The summed E-state index contributed by atoms with van der Waals surface area (Å²) in [5.74, 6) is 0. The van der Waals surface area contributed by atoms with Crippen LogP contribution in [0.1, 0.15) is 37.3 Å². The highest BCUT2D eigenvalue weighted by Gasteiger charge is 2.47. The summed E-state index contributed by atoms with van der Waals surface area (Å²) in [5.41, 5.74) is 29.4. The summed E-state index contributed by atoms with van der Waals surface area (Å²) in [4.78, 5) is 5.05. The first-order chi connectivity index (χ1) is 61.5. The van der Waals surface area contributed by atoms with Crippen molar-refractivity contribution >= 4 is 123 Å². The van der Waals surface area contributed by atoms with E-state index in [1.165, 1.54) is 10.8 Å². The normalized spacial score (nSPS) is 13.4. The molecule has 0 radical (unpaired) electrons. The number of fused-ring (bicyclic) bond motifs is 13. The summed E-state index contributed by atoms with van der Waals surface area (Å²) in [6.07, 6.45) is 0. The average molecular weight is 1510 g/mol. The van der Waals surface area contributed by atoms with Gasteiger partial charge in [-0.05, 0) is 192 Å². The molecule has 23 rings (SSSR count). The van der Waals surface area contributed by atoms with Gasteiger partial charge in [-0.3, -0.25) is 0 Å². The van der Waals surface area contributed by atoms with E-state index >= 15 is 0 Å². The number of hydrogen-bond acceptors (Lipinski definition) is 3. The van der Waals surface area contributed by atoms with Crippen molar-refractivity contribution in [3.8, 4) is 100 Å². The van der Waals surface area contributed by atoms with Gasteiger partial charge in [0.15, 0.2) is 0 Å². The molecule has 0 fully saturated rings. The van der Waals surface area contributed by atoms with Crippen molar-refractivity contribution in [3.05, 3.63) is 418 Å². The zero-order chi connectivity index (χ0) is 85.2. The van der Waals surface area contributed by atoms with Crippen LogP contribution in [0.4, 0.5) is 34.1 Å². The molecule has 0 spiro atoms. The molecule has 0 amide bonds. The van der Waals surface area contributed by atoms with Crippen molar-refractivity contribution in [3.63, 3.8) is 0 Å². The highest BCUT2D eigenvalue weighted by molar-refractivity contribution is 7.00. The van der Waals surface area contributed by atoms with E-state index in [1.807, 2.05) is 24.3 Å². The quantitative estimate of drug-likeness (QED) is 0.114. The van der Waals surface area contributed by atoms with Gasteiger partial charge in [-0.1, -0.05) is 330 Å². The van der Waals surface area contributed by atoms with Crippen LogP contribution in [-0.2, 0) is 5.41 Å². The Bertz CT molecular complexity index is 7980. The molecule has 0 atom stereocenters. The van der Waals surface area contributed by atoms with Crippen molar-refractivity contribution in [2.45, 2.75) is 26.2 Å². The van der Waals surface area contributed by atoms with E-state index in [2.05, 4.69) is 375 Å². The molecule has 18 aromatic carbocycles. The predicted molar refractivity (Wildman–Crippen MR) is 499 cm³/mol. The van der Waals surface area contributed by atoms with Crippen molar-refractivity contribution in [1.82, 2.24) is 9.13 Å². The molecule has 21 aromatic rings. The number of para-hydroxylation sites is 6. The number of hydrogen-bond donors (Lipinski definition) is 0. The molecular formula is C112H77BN4O. The second-order valence-corrected chi connectivity index (χ2v) is 32.0.